The summed E-state index contributed by atoms with van der Waals surface area (Å²) in [4.78, 5) is 12.2. The molecule has 29 heavy (non-hydrogen) atoms. The van der Waals surface area contributed by atoms with E-state index < -0.39 is 43.3 Å². The first-order chi connectivity index (χ1) is 14.0. The van der Waals surface area contributed by atoms with Gasteiger partial charge in [-0.2, -0.15) is 0 Å². The summed E-state index contributed by atoms with van der Waals surface area (Å²) in [7, 11) is 0. The second-order valence-corrected chi connectivity index (χ2v) is 7.18. The summed E-state index contributed by atoms with van der Waals surface area (Å²) < 4.78 is 16.6. The zero-order valence-corrected chi connectivity index (χ0v) is 15.5. The highest BCUT2D eigenvalue weighted by Crippen LogP contribution is 2.35. The monoisotopic (exact) mass is 402 g/mol. The number of phenolic OH excluding ortho intramolecular Hbond substituents is 1. The maximum Gasteiger partial charge on any atom is 0.342 e. The first-order valence-electron chi connectivity index (χ1n) is 9.37. The maximum atomic E-state index is 12.2. The van der Waals surface area contributed by atoms with Gasteiger partial charge < -0.3 is 34.6 Å². The number of benzene rings is 2. The highest BCUT2D eigenvalue weighted by atomic mass is 16.7. The molecule has 5 atom stereocenters. The van der Waals surface area contributed by atoms with Gasteiger partial charge in [0, 0.05) is 12.8 Å². The predicted octanol–water partition coefficient (Wildman–Crippen LogP) is 1.05. The van der Waals surface area contributed by atoms with Gasteiger partial charge in [0.05, 0.1) is 12.7 Å². The van der Waals surface area contributed by atoms with Crippen LogP contribution >= 0.6 is 0 Å². The average Bonchev–Trinajstić information content (AvgIpc) is 2.71. The van der Waals surface area contributed by atoms with Gasteiger partial charge in [-0.1, -0.05) is 24.3 Å². The molecular formula is C21H22O8. The fourth-order valence-electron chi connectivity index (χ4n) is 3.66. The molecule has 154 valence electrons. The molecule has 2 heterocycles. The van der Waals surface area contributed by atoms with Gasteiger partial charge in [-0.05, 0) is 29.3 Å². The summed E-state index contributed by atoms with van der Waals surface area (Å²) in [5, 5.41) is 38.8. The van der Waals surface area contributed by atoms with E-state index in [1.807, 2.05) is 0 Å². The summed E-state index contributed by atoms with van der Waals surface area (Å²) >= 11 is 0. The third kappa shape index (κ3) is 3.92. The Bertz CT molecular complexity index is 881. The summed E-state index contributed by atoms with van der Waals surface area (Å²) in [5.74, 6) is -0.178. The van der Waals surface area contributed by atoms with Crippen molar-refractivity contribution in [3.63, 3.8) is 0 Å². The Morgan fingerprint density at radius 1 is 1.10 bits per heavy atom. The molecule has 0 radical (unpaired) electrons. The van der Waals surface area contributed by atoms with Crippen molar-refractivity contribution in [2.24, 2.45) is 0 Å². The first-order valence-corrected chi connectivity index (χ1v) is 9.37. The quantitative estimate of drug-likeness (QED) is 0.560. The van der Waals surface area contributed by atoms with E-state index >= 15 is 0 Å². The average molecular weight is 402 g/mol. The second-order valence-electron chi connectivity index (χ2n) is 7.18. The SMILES string of the molecule is O=C1O[C@@H](c2ccc(O[C@H]3C[C@@H](O)[C@H](O)[C@@H](CO)O3)cc2)Cc2cccc(O)c21. The molecule has 2 aliphatic heterocycles. The third-order valence-corrected chi connectivity index (χ3v) is 5.22. The largest absolute Gasteiger partial charge is 0.507 e. The lowest BCUT2D eigenvalue weighted by molar-refractivity contribution is -0.229. The lowest BCUT2D eigenvalue weighted by Crippen LogP contribution is -2.51. The van der Waals surface area contributed by atoms with Crippen LogP contribution in [0.5, 0.6) is 11.5 Å². The number of hydrogen-bond donors (Lipinski definition) is 4. The number of ether oxygens (including phenoxy) is 3. The van der Waals surface area contributed by atoms with Crippen LogP contribution in [-0.4, -0.2) is 57.6 Å². The summed E-state index contributed by atoms with van der Waals surface area (Å²) in [5.41, 5.74) is 1.70. The molecule has 0 unspecified atom stereocenters. The first kappa shape index (κ1) is 19.7. The van der Waals surface area contributed by atoms with Crippen LogP contribution in [0.1, 0.15) is 34.0 Å². The van der Waals surface area contributed by atoms with Gasteiger partial charge >= 0.3 is 5.97 Å². The number of aromatic hydroxyl groups is 1. The highest BCUT2D eigenvalue weighted by molar-refractivity contribution is 5.95. The molecule has 4 N–H and O–H groups in total. The van der Waals surface area contributed by atoms with Crippen LogP contribution in [0.4, 0.5) is 0 Å². The molecule has 0 amide bonds. The van der Waals surface area contributed by atoms with E-state index in [1.165, 1.54) is 6.07 Å². The van der Waals surface area contributed by atoms with Crippen molar-refractivity contribution >= 4 is 5.97 Å². The van der Waals surface area contributed by atoms with E-state index in [0.717, 1.165) is 11.1 Å². The van der Waals surface area contributed by atoms with E-state index in [-0.39, 0.29) is 17.7 Å². The number of aliphatic hydroxyl groups excluding tert-OH is 3. The van der Waals surface area contributed by atoms with Gasteiger partial charge in [0.25, 0.3) is 0 Å². The molecule has 2 aromatic carbocycles. The van der Waals surface area contributed by atoms with Crippen LogP contribution < -0.4 is 4.74 Å². The molecule has 0 spiro atoms. The Hall–Kier alpha value is -2.65. The molecule has 2 aromatic rings. The normalized spacial score (nSPS) is 29.1. The smallest absolute Gasteiger partial charge is 0.342 e. The number of carbonyl (C=O) groups is 1. The van der Waals surface area contributed by atoms with Crippen LogP contribution in [0.25, 0.3) is 0 Å². The Kier molecular flexibility index (Phi) is 5.42. The maximum absolute atomic E-state index is 12.2. The molecule has 1 fully saturated rings. The number of esters is 1. The Balaban J connectivity index is 1.44. The van der Waals surface area contributed by atoms with E-state index in [4.69, 9.17) is 14.2 Å². The molecule has 0 aromatic heterocycles. The van der Waals surface area contributed by atoms with Gasteiger partial charge in [-0.3, -0.25) is 0 Å². The number of phenols is 1. The molecule has 2 aliphatic rings. The number of aliphatic hydroxyl groups is 3. The van der Waals surface area contributed by atoms with Gasteiger partial charge in [-0.25, -0.2) is 4.79 Å². The predicted molar refractivity (Wildman–Crippen MR) is 99.4 cm³/mol. The van der Waals surface area contributed by atoms with E-state index in [9.17, 15) is 25.2 Å². The van der Waals surface area contributed by atoms with E-state index in [1.54, 1.807) is 36.4 Å². The lowest BCUT2D eigenvalue weighted by atomic mass is 9.94. The Labute approximate surface area is 166 Å². The van der Waals surface area contributed by atoms with Gasteiger partial charge in [-0.15, -0.1) is 0 Å². The molecular weight excluding hydrogens is 380 g/mol. The van der Waals surface area contributed by atoms with Crippen LogP contribution in [0.2, 0.25) is 0 Å². The van der Waals surface area contributed by atoms with Crippen molar-refractivity contribution in [2.45, 2.75) is 43.5 Å². The Morgan fingerprint density at radius 3 is 2.59 bits per heavy atom. The second kappa shape index (κ2) is 8.00. The zero-order chi connectivity index (χ0) is 20.5. The van der Waals surface area contributed by atoms with Gasteiger partial charge in [0.1, 0.15) is 35.4 Å². The van der Waals surface area contributed by atoms with Crippen LogP contribution in [-0.2, 0) is 15.9 Å². The Morgan fingerprint density at radius 2 is 1.86 bits per heavy atom. The minimum atomic E-state index is -1.16. The highest BCUT2D eigenvalue weighted by Gasteiger charge is 2.37. The third-order valence-electron chi connectivity index (χ3n) is 5.22. The van der Waals surface area contributed by atoms with Crippen molar-refractivity contribution in [3.8, 4) is 11.5 Å². The molecule has 0 bridgehead atoms. The molecule has 1 saturated heterocycles. The van der Waals surface area contributed by atoms with Gasteiger partial charge in [0.2, 0.25) is 6.29 Å². The minimum Gasteiger partial charge on any atom is -0.507 e. The van der Waals surface area contributed by atoms with Crippen LogP contribution in [0, 0.1) is 0 Å². The number of rotatable bonds is 4. The standard InChI is InChI=1S/C21H22O8/c22-10-17-20(25)15(24)9-18(28-17)27-13-6-4-11(5-7-13)16-8-12-2-1-3-14(23)19(12)21(26)29-16/h1-7,15-18,20,22-25H,8-10H2/t15-,16-,17-,18-,20+/m1/s1. The topological polar surface area (TPSA) is 126 Å². The molecule has 8 heteroatoms. The van der Waals surface area contributed by atoms with Crippen LogP contribution in [0.15, 0.2) is 42.5 Å². The van der Waals surface area contributed by atoms with Crippen molar-refractivity contribution in [2.75, 3.05) is 6.61 Å². The van der Waals surface area contributed by atoms with Crippen molar-refractivity contribution in [1.29, 1.82) is 0 Å². The van der Waals surface area contributed by atoms with Gasteiger partial charge in [0.15, 0.2) is 0 Å². The fraction of sp³-hybridized carbons (Fsp3) is 0.381. The molecule has 0 aliphatic carbocycles. The summed E-state index contributed by atoms with van der Waals surface area (Å²) in [6.07, 6.45) is -3.90. The van der Waals surface area contributed by atoms with Crippen molar-refractivity contribution in [1.82, 2.24) is 0 Å². The van der Waals surface area contributed by atoms with Crippen molar-refractivity contribution < 1.29 is 39.4 Å². The number of cyclic esters (lactones) is 1. The fourth-order valence-corrected chi connectivity index (χ4v) is 3.66. The zero-order valence-electron chi connectivity index (χ0n) is 15.5. The summed E-state index contributed by atoms with van der Waals surface area (Å²) in [6, 6.07) is 11.8. The number of hydrogen-bond acceptors (Lipinski definition) is 8. The van der Waals surface area contributed by atoms with E-state index in [2.05, 4.69) is 0 Å². The summed E-state index contributed by atoms with van der Waals surface area (Å²) in [6.45, 7) is -0.429. The van der Waals surface area contributed by atoms with Crippen LogP contribution in [0.3, 0.4) is 0 Å². The number of carbonyl (C=O) groups excluding carboxylic acids is 1. The number of fused-ring (bicyclic) bond motifs is 1. The minimum absolute atomic E-state index is 0.0694. The van der Waals surface area contributed by atoms with Crippen molar-refractivity contribution in [3.05, 3.63) is 59.2 Å². The lowest BCUT2D eigenvalue weighted by Gasteiger charge is -2.36. The molecule has 4 rings (SSSR count). The van der Waals surface area contributed by atoms with E-state index in [0.29, 0.717) is 12.2 Å². The molecule has 8 nitrogen and oxygen atoms in total. The molecule has 0 saturated carbocycles.